The Morgan fingerprint density at radius 1 is 0.833 bits per heavy atom. The Morgan fingerprint density at radius 3 is 0.833 bits per heavy atom. The Morgan fingerprint density at radius 2 is 0.833 bits per heavy atom. The predicted octanol–water partition coefficient (Wildman–Crippen LogP) is 0.742. The van der Waals surface area contributed by atoms with Crippen LogP contribution in [-0.2, 0) is 0 Å². The highest BCUT2D eigenvalue weighted by atomic mass is 35.5. The van der Waals surface area contributed by atoms with Gasteiger partial charge in [0.1, 0.15) is 0 Å². The minimum atomic E-state index is 0. The van der Waals surface area contributed by atoms with Crippen molar-refractivity contribution in [2.45, 2.75) is 0 Å². The molecule has 0 aliphatic heterocycles. The first-order chi connectivity index (χ1) is 1.00. The molecule has 3 nitrogen and oxygen atoms in total. The van der Waals surface area contributed by atoms with Crippen LogP contribution in [0.4, 0.5) is 0 Å². The van der Waals surface area contributed by atoms with E-state index >= 15 is 0 Å². The topological polar surface area (TPSA) is 96.0 Å². The molecule has 46 valence electrons. The molecule has 8 N–H and O–H groups in total. The van der Waals surface area contributed by atoms with Gasteiger partial charge in [0.25, 0.3) is 0 Å². The lowest BCUT2D eigenvalue weighted by Crippen LogP contribution is -1.69. The Balaban J connectivity index is -0.000000000833. The molecular weight excluding hydrogens is 125 g/mol. The molecule has 0 aliphatic carbocycles. The van der Waals surface area contributed by atoms with Gasteiger partial charge in [0.2, 0.25) is 0 Å². The van der Waals surface area contributed by atoms with Crippen LogP contribution in [-0.4, -0.2) is 7.05 Å². The van der Waals surface area contributed by atoms with Gasteiger partial charge in [0.15, 0.2) is 0 Å². The summed E-state index contributed by atoms with van der Waals surface area (Å²) in [5.41, 5.74) is 4.50. The number of halogens is 2. The molecule has 0 rings (SSSR count). The van der Waals surface area contributed by atoms with Gasteiger partial charge in [-0.15, -0.1) is 24.8 Å². The fourth-order valence-corrected chi connectivity index (χ4v) is 0. The van der Waals surface area contributed by atoms with E-state index in [1.54, 1.807) is 0 Å². The Labute approximate surface area is 50.7 Å². The second-order valence-electron chi connectivity index (χ2n) is 0. The van der Waals surface area contributed by atoms with Crippen molar-refractivity contribution < 1.29 is 0 Å². The zero-order valence-electron chi connectivity index (χ0n) is 3.81. The quantitative estimate of drug-likeness (QED) is 0.460. The summed E-state index contributed by atoms with van der Waals surface area (Å²) >= 11 is 0. The maximum Gasteiger partial charge on any atom is -0.0195 e. The fourth-order valence-electron chi connectivity index (χ4n) is 0. The first kappa shape index (κ1) is 90.3. The average Bonchev–Trinajstić information content (AvgIpc) is 1.00. The van der Waals surface area contributed by atoms with Gasteiger partial charge in [-0.2, -0.15) is 0 Å². The molecular formula is CH13Cl2N3. The lowest BCUT2D eigenvalue weighted by atomic mass is 11.6. The highest BCUT2D eigenvalue weighted by Gasteiger charge is 0.836. The molecule has 0 radical (unpaired) electrons. The summed E-state index contributed by atoms with van der Waals surface area (Å²) in [5.74, 6) is 0. The van der Waals surface area contributed by atoms with Crippen molar-refractivity contribution in [3.8, 4) is 0 Å². The molecule has 0 amide bonds. The third kappa shape index (κ3) is 252. The van der Waals surface area contributed by atoms with E-state index in [9.17, 15) is 0 Å². The summed E-state index contributed by atoms with van der Waals surface area (Å²) in [6.45, 7) is 0. The molecule has 0 bridgehead atoms. The van der Waals surface area contributed by atoms with Crippen LogP contribution in [0.15, 0.2) is 0 Å². The van der Waals surface area contributed by atoms with Gasteiger partial charge in [-0.3, -0.25) is 0 Å². The molecule has 5 heteroatoms. The normalized spacial score (nSPS) is 1.00. The lowest BCUT2D eigenvalue weighted by Gasteiger charge is -1.19. The molecule has 0 atom stereocenters. The second-order valence-corrected chi connectivity index (χ2v) is 0. The van der Waals surface area contributed by atoms with E-state index in [4.69, 9.17) is 0 Å². The van der Waals surface area contributed by atoms with Crippen LogP contribution in [0.25, 0.3) is 0 Å². The van der Waals surface area contributed by atoms with Gasteiger partial charge in [-0.1, -0.05) is 0 Å². The molecule has 0 aromatic rings. The van der Waals surface area contributed by atoms with Crippen molar-refractivity contribution in [1.29, 1.82) is 0 Å². The van der Waals surface area contributed by atoms with Crippen molar-refractivity contribution in [1.82, 2.24) is 12.3 Å². The smallest absolute Gasteiger partial charge is 0.0195 e. The molecule has 0 saturated carbocycles. The van der Waals surface area contributed by atoms with Crippen LogP contribution in [0.5, 0.6) is 0 Å². The number of hydrogen-bond donors (Lipinski definition) is 3. The van der Waals surface area contributed by atoms with E-state index < -0.39 is 0 Å². The first-order valence-electron chi connectivity index (χ1n) is 0.577. The summed E-state index contributed by atoms with van der Waals surface area (Å²) in [5, 5.41) is 0. The highest BCUT2D eigenvalue weighted by molar-refractivity contribution is 5.85. The molecule has 0 saturated heterocycles. The number of nitrogens with two attached hydrogens (primary N) is 1. The van der Waals surface area contributed by atoms with Crippen LogP contribution in [0.3, 0.4) is 0 Å². The summed E-state index contributed by atoms with van der Waals surface area (Å²) in [4.78, 5) is 0. The molecule has 0 unspecified atom stereocenters. The van der Waals surface area contributed by atoms with Crippen LogP contribution in [0.2, 0.25) is 0 Å². The third-order valence-electron chi connectivity index (χ3n) is 0. The Kier molecular flexibility index (Phi) is 7730. The van der Waals surface area contributed by atoms with Crippen molar-refractivity contribution in [3.05, 3.63) is 0 Å². The molecule has 0 aromatic heterocycles. The molecule has 0 fully saturated rings. The maximum atomic E-state index is 4.50. The second kappa shape index (κ2) is 513. The average molecular weight is 138 g/mol. The van der Waals surface area contributed by atoms with Gasteiger partial charge in [0, 0.05) is 0 Å². The first-order valence-corrected chi connectivity index (χ1v) is 0.577. The van der Waals surface area contributed by atoms with Crippen LogP contribution < -0.4 is 18.0 Å². The number of hydrogen-bond acceptors (Lipinski definition) is 3. The summed E-state index contributed by atoms with van der Waals surface area (Å²) in [7, 11) is 1.50. The third-order valence-corrected chi connectivity index (χ3v) is 0. The predicted molar refractivity (Wildman–Crippen MR) is 34.7 cm³/mol. The van der Waals surface area contributed by atoms with E-state index in [1.165, 1.54) is 7.05 Å². The Hall–Kier alpha value is 0.460. The van der Waals surface area contributed by atoms with Crippen LogP contribution in [0.1, 0.15) is 0 Å². The van der Waals surface area contributed by atoms with Gasteiger partial charge < -0.3 is 18.0 Å². The van der Waals surface area contributed by atoms with Crippen molar-refractivity contribution in [2.24, 2.45) is 5.73 Å². The minimum absolute atomic E-state index is 0. The summed E-state index contributed by atoms with van der Waals surface area (Å²) < 4.78 is 0. The maximum absolute atomic E-state index is 4.50. The Bertz CT molecular complexity index is 8.75. The van der Waals surface area contributed by atoms with Crippen molar-refractivity contribution >= 4 is 24.8 Å². The van der Waals surface area contributed by atoms with E-state index in [0.29, 0.717) is 0 Å². The molecule has 0 spiro atoms. The lowest BCUT2D eigenvalue weighted by molar-refractivity contribution is 1.48. The van der Waals surface area contributed by atoms with Gasteiger partial charge in [-0.25, -0.2) is 0 Å². The van der Waals surface area contributed by atoms with Crippen LogP contribution >= 0.6 is 24.8 Å². The van der Waals surface area contributed by atoms with Crippen molar-refractivity contribution in [3.63, 3.8) is 0 Å². The summed E-state index contributed by atoms with van der Waals surface area (Å²) in [6.07, 6.45) is 0. The molecule has 0 aromatic carbocycles. The molecule has 0 aliphatic rings. The van der Waals surface area contributed by atoms with Gasteiger partial charge >= 0.3 is 0 Å². The van der Waals surface area contributed by atoms with Crippen molar-refractivity contribution in [2.75, 3.05) is 7.05 Å². The standard InChI is InChI=1S/CH5N.2ClH.2H3N/c1-2;;;;/h2H2,1H3;2*1H;2*1H3. The zero-order valence-corrected chi connectivity index (χ0v) is 5.44. The SMILES string of the molecule is CN.Cl.Cl.N.N. The zero-order chi connectivity index (χ0) is 2.00. The van der Waals surface area contributed by atoms with Gasteiger partial charge in [-0.05, 0) is 7.05 Å². The fraction of sp³-hybridized carbons (Fsp3) is 1.00. The highest BCUT2D eigenvalue weighted by Crippen LogP contribution is 0.691. The van der Waals surface area contributed by atoms with Crippen LogP contribution in [0, 0.1) is 0 Å². The van der Waals surface area contributed by atoms with E-state index in [2.05, 4.69) is 5.73 Å². The van der Waals surface area contributed by atoms with E-state index in [-0.39, 0.29) is 37.1 Å². The summed E-state index contributed by atoms with van der Waals surface area (Å²) in [6, 6.07) is 0. The monoisotopic (exact) mass is 137 g/mol. The minimum Gasteiger partial charge on any atom is -0.344 e. The molecule has 0 heterocycles. The van der Waals surface area contributed by atoms with Gasteiger partial charge in [0.05, 0.1) is 0 Å². The van der Waals surface area contributed by atoms with E-state index in [1.807, 2.05) is 0 Å². The van der Waals surface area contributed by atoms with E-state index in [0.717, 1.165) is 0 Å². The molecule has 6 heavy (non-hydrogen) atoms. The number of rotatable bonds is 0. The largest absolute Gasteiger partial charge is 0.344 e.